The molecule has 0 unspecified atom stereocenters. The molecule has 0 fully saturated rings. The van der Waals surface area contributed by atoms with Crippen LogP contribution in [0.25, 0.3) is 34.1 Å². The highest BCUT2D eigenvalue weighted by Gasteiger charge is 2.21. The molecule has 1 aliphatic carbocycles. The fraction of sp³-hybridized carbons (Fsp3) is 0.167. The van der Waals surface area contributed by atoms with E-state index in [1.165, 1.54) is 11.1 Å². The van der Waals surface area contributed by atoms with E-state index in [0.717, 1.165) is 47.5 Å². The van der Waals surface area contributed by atoms with E-state index in [2.05, 4.69) is 32.8 Å². The van der Waals surface area contributed by atoms with Crippen LogP contribution in [0, 0.1) is 0 Å². The molecule has 1 atom stereocenters. The van der Waals surface area contributed by atoms with Gasteiger partial charge in [0.05, 0.1) is 5.56 Å². The molecule has 32 heavy (non-hydrogen) atoms. The largest absolute Gasteiger partial charge is 0.383 e. The maximum Gasteiger partial charge on any atom is 0.167 e. The van der Waals surface area contributed by atoms with Crippen molar-refractivity contribution in [3.63, 3.8) is 0 Å². The molecule has 0 radical (unpaired) electrons. The van der Waals surface area contributed by atoms with E-state index >= 15 is 0 Å². The smallest absolute Gasteiger partial charge is 0.167 e. The minimum absolute atomic E-state index is 0.228. The minimum Gasteiger partial charge on any atom is -0.383 e. The van der Waals surface area contributed by atoms with Crippen molar-refractivity contribution in [1.82, 2.24) is 29.3 Å². The van der Waals surface area contributed by atoms with Crippen molar-refractivity contribution in [1.29, 1.82) is 0 Å². The number of hydrogen-bond acceptors (Lipinski definition) is 6. The van der Waals surface area contributed by atoms with Crippen molar-refractivity contribution in [3.05, 3.63) is 78.2 Å². The highest BCUT2D eigenvalue weighted by molar-refractivity contribution is 5.83. The molecule has 8 heteroatoms. The molecular weight excluding hydrogens is 400 g/mol. The van der Waals surface area contributed by atoms with Gasteiger partial charge < -0.3 is 11.5 Å². The van der Waals surface area contributed by atoms with Gasteiger partial charge in [0, 0.05) is 30.3 Å². The molecule has 0 saturated heterocycles. The van der Waals surface area contributed by atoms with Gasteiger partial charge in [0.2, 0.25) is 0 Å². The summed E-state index contributed by atoms with van der Waals surface area (Å²) >= 11 is 0. The number of pyridine rings is 2. The molecule has 8 nitrogen and oxygen atoms in total. The molecule has 0 bridgehead atoms. The minimum atomic E-state index is 0.228. The topological polar surface area (TPSA) is 113 Å². The number of aromatic nitrogens is 6. The van der Waals surface area contributed by atoms with Crippen LogP contribution in [0.4, 0.5) is 5.82 Å². The maximum absolute atomic E-state index is 6.24. The predicted molar refractivity (Wildman–Crippen MR) is 124 cm³/mol. The lowest BCUT2D eigenvalue weighted by molar-refractivity contribution is 0.576. The number of imidazole rings is 1. The molecule has 1 aromatic carbocycles. The van der Waals surface area contributed by atoms with E-state index in [0.29, 0.717) is 11.6 Å². The Hall–Kier alpha value is -4.04. The third-order valence-electron chi connectivity index (χ3n) is 6.02. The van der Waals surface area contributed by atoms with Crippen molar-refractivity contribution in [2.75, 3.05) is 5.73 Å². The number of anilines is 1. The van der Waals surface area contributed by atoms with Crippen LogP contribution in [0.1, 0.15) is 17.5 Å². The molecular formula is C24H22N8. The molecule has 0 amide bonds. The average molecular weight is 422 g/mol. The van der Waals surface area contributed by atoms with Crippen LogP contribution in [0.15, 0.2) is 67.1 Å². The summed E-state index contributed by atoms with van der Waals surface area (Å²) in [5.74, 6) is 1.86. The highest BCUT2D eigenvalue weighted by Crippen LogP contribution is 2.32. The lowest BCUT2D eigenvalue weighted by Gasteiger charge is -2.22. The van der Waals surface area contributed by atoms with Crippen molar-refractivity contribution < 1.29 is 0 Å². The van der Waals surface area contributed by atoms with Gasteiger partial charge in [-0.25, -0.2) is 19.6 Å². The summed E-state index contributed by atoms with van der Waals surface area (Å²) in [4.78, 5) is 14.1. The van der Waals surface area contributed by atoms with Gasteiger partial charge in [-0.15, -0.1) is 0 Å². The standard InChI is InChI=1S/C24H22N8/c25-17-6-4-16-14-18(7-5-15(16)13-17)32-23(19-3-1-10-27-22(19)26)29-20-8-9-21(30-24(20)32)31-12-2-11-28-31/h1-3,5,7-12,14,17H,4,6,13,25H2,(H2,26,27)/t17-/m1/s1. The number of fused-ring (bicyclic) bond motifs is 2. The van der Waals surface area contributed by atoms with Crippen LogP contribution in [0.3, 0.4) is 0 Å². The third kappa shape index (κ3) is 3.04. The van der Waals surface area contributed by atoms with E-state index in [1.807, 2.05) is 36.5 Å². The quantitative estimate of drug-likeness (QED) is 0.462. The lowest BCUT2D eigenvalue weighted by Crippen LogP contribution is -2.27. The van der Waals surface area contributed by atoms with Gasteiger partial charge in [0.25, 0.3) is 0 Å². The molecule has 4 aromatic heterocycles. The van der Waals surface area contributed by atoms with Crippen molar-refractivity contribution in [3.8, 4) is 22.9 Å². The number of rotatable bonds is 3. The Morgan fingerprint density at radius 3 is 2.75 bits per heavy atom. The molecule has 0 aliphatic heterocycles. The first-order valence-corrected chi connectivity index (χ1v) is 10.7. The molecule has 6 rings (SSSR count). The Labute approximate surface area is 184 Å². The van der Waals surface area contributed by atoms with Crippen LogP contribution in [0.2, 0.25) is 0 Å². The summed E-state index contributed by atoms with van der Waals surface area (Å²) in [5, 5.41) is 4.32. The number of benzene rings is 1. The second-order valence-electron chi connectivity index (χ2n) is 8.13. The van der Waals surface area contributed by atoms with Crippen molar-refractivity contribution in [2.24, 2.45) is 5.73 Å². The highest BCUT2D eigenvalue weighted by atomic mass is 15.3. The number of nitrogens with zero attached hydrogens (tertiary/aromatic N) is 6. The first-order valence-electron chi connectivity index (χ1n) is 10.7. The second kappa shape index (κ2) is 7.28. The molecule has 0 saturated carbocycles. The Bertz CT molecular complexity index is 1430. The number of nitrogens with two attached hydrogens (primary N) is 2. The van der Waals surface area contributed by atoms with Gasteiger partial charge >= 0.3 is 0 Å². The van der Waals surface area contributed by atoms with E-state index in [-0.39, 0.29) is 6.04 Å². The van der Waals surface area contributed by atoms with E-state index in [9.17, 15) is 0 Å². The zero-order valence-electron chi connectivity index (χ0n) is 17.4. The number of hydrogen-bond donors (Lipinski definition) is 2. The van der Waals surface area contributed by atoms with Crippen LogP contribution in [0.5, 0.6) is 0 Å². The van der Waals surface area contributed by atoms with Crippen LogP contribution < -0.4 is 11.5 Å². The molecule has 4 heterocycles. The van der Waals surface area contributed by atoms with Crippen LogP contribution in [-0.4, -0.2) is 35.3 Å². The van der Waals surface area contributed by atoms with Crippen molar-refractivity contribution in [2.45, 2.75) is 25.3 Å². The molecule has 5 aromatic rings. The Balaban J connectivity index is 1.61. The predicted octanol–water partition coefficient (Wildman–Crippen LogP) is 3.07. The first kappa shape index (κ1) is 18.7. The van der Waals surface area contributed by atoms with Gasteiger partial charge in [-0.05, 0) is 72.9 Å². The van der Waals surface area contributed by atoms with Gasteiger partial charge in [-0.3, -0.25) is 4.57 Å². The summed E-state index contributed by atoms with van der Waals surface area (Å²) < 4.78 is 3.80. The van der Waals surface area contributed by atoms with Gasteiger partial charge in [0.1, 0.15) is 11.3 Å². The maximum atomic E-state index is 6.24. The van der Waals surface area contributed by atoms with Gasteiger partial charge in [-0.1, -0.05) is 6.07 Å². The normalized spacial score (nSPS) is 15.7. The SMILES string of the molecule is Nc1ncccc1-c1nc2ccc(-n3cccn3)nc2n1-c1ccc2c(c1)CC[C@@H](N)C2. The monoisotopic (exact) mass is 422 g/mol. The lowest BCUT2D eigenvalue weighted by atomic mass is 9.88. The van der Waals surface area contributed by atoms with E-state index in [1.54, 1.807) is 17.1 Å². The molecule has 158 valence electrons. The summed E-state index contributed by atoms with van der Waals surface area (Å²) in [6, 6.07) is 16.3. The van der Waals surface area contributed by atoms with E-state index in [4.69, 9.17) is 21.4 Å². The fourth-order valence-electron chi connectivity index (χ4n) is 4.42. The molecule has 0 spiro atoms. The number of aryl methyl sites for hydroxylation is 1. The van der Waals surface area contributed by atoms with Gasteiger partial charge in [-0.2, -0.15) is 5.10 Å². The molecule has 4 N–H and O–H groups in total. The van der Waals surface area contributed by atoms with Crippen LogP contribution >= 0.6 is 0 Å². The fourth-order valence-corrected chi connectivity index (χ4v) is 4.42. The van der Waals surface area contributed by atoms with Crippen LogP contribution in [-0.2, 0) is 12.8 Å². The summed E-state index contributed by atoms with van der Waals surface area (Å²) in [7, 11) is 0. The second-order valence-corrected chi connectivity index (χ2v) is 8.13. The first-order chi connectivity index (χ1) is 15.7. The Kier molecular flexibility index (Phi) is 4.26. The van der Waals surface area contributed by atoms with E-state index < -0.39 is 0 Å². The summed E-state index contributed by atoms with van der Waals surface area (Å²) in [5.41, 5.74) is 18.3. The number of nitrogen functional groups attached to an aromatic ring is 1. The Morgan fingerprint density at radius 2 is 1.91 bits per heavy atom. The summed E-state index contributed by atoms with van der Waals surface area (Å²) in [6.07, 6.45) is 8.15. The third-order valence-corrected chi connectivity index (χ3v) is 6.02. The zero-order chi connectivity index (χ0) is 21.7. The zero-order valence-corrected chi connectivity index (χ0v) is 17.4. The van der Waals surface area contributed by atoms with Gasteiger partial charge in [0.15, 0.2) is 17.3 Å². The molecule has 1 aliphatic rings. The Morgan fingerprint density at radius 1 is 0.969 bits per heavy atom. The summed E-state index contributed by atoms with van der Waals surface area (Å²) in [6.45, 7) is 0. The average Bonchev–Trinajstić information content (AvgIpc) is 3.47. The van der Waals surface area contributed by atoms with Crippen molar-refractivity contribution >= 4 is 17.0 Å².